The molecule has 3 aliphatic rings. The van der Waals surface area contributed by atoms with Crippen LogP contribution in [-0.4, -0.2) is 70.8 Å². The second-order valence-electron chi connectivity index (χ2n) is 7.65. The first-order valence-corrected chi connectivity index (χ1v) is 10.8. The molecule has 1 amide bonds. The molecule has 0 saturated carbocycles. The standard InChI is InChI=1S/C19H25N5O3S/c25-16(22-11-5-19(6-12-22)26-13-14-27-19)15-3-9-24(10-4-15)18-21-20-17(28-18)23-7-1-2-8-23/h1-2,7-8,15H,3-6,9-14H2. The summed E-state index contributed by atoms with van der Waals surface area (Å²) in [5, 5.41) is 10.4. The Labute approximate surface area is 168 Å². The number of carbonyl (C=O) groups is 1. The van der Waals surface area contributed by atoms with Crippen LogP contribution in [0.25, 0.3) is 5.13 Å². The lowest BCUT2D eigenvalue weighted by Gasteiger charge is -2.40. The lowest BCUT2D eigenvalue weighted by atomic mass is 9.94. The third kappa shape index (κ3) is 3.42. The Hall–Kier alpha value is -1.97. The van der Waals surface area contributed by atoms with E-state index in [4.69, 9.17) is 9.47 Å². The quantitative estimate of drug-likeness (QED) is 0.780. The monoisotopic (exact) mass is 403 g/mol. The molecule has 8 nitrogen and oxygen atoms in total. The second-order valence-corrected chi connectivity index (χ2v) is 8.59. The van der Waals surface area contributed by atoms with Crippen LogP contribution in [0.5, 0.6) is 0 Å². The molecule has 0 N–H and O–H groups in total. The smallest absolute Gasteiger partial charge is 0.225 e. The maximum absolute atomic E-state index is 13.0. The van der Waals surface area contributed by atoms with Gasteiger partial charge in [-0.15, -0.1) is 10.2 Å². The fourth-order valence-corrected chi connectivity index (χ4v) is 5.20. The summed E-state index contributed by atoms with van der Waals surface area (Å²) in [6.45, 7) is 4.50. The molecule has 0 atom stereocenters. The molecule has 2 aromatic heterocycles. The number of piperidine rings is 2. The molecular formula is C19H25N5O3S. The molecule has 150 valence electrons. The molecule has 0 aromatic carbocycles. The maximum Gasteiger partial charge on any atom is 0.225 e. The van der Waals surface area contributed by atoms with E-state index in [1.165, 1.54) is 0 Å². The van der Waals surface area contributed by atoms with Gasteiger partial charge >= 0.3 is 0 Å². The lowest BCUT2D eigenvalue weighted by molar-refractivity contribution is -0.188. The van der Waals surface area contributed by atoms with E-state index < -0.39 is 5.79 Å². The highest BCUT2D eigenvalue weighted by Crippen LogP contribution is 2.33. The van der Waals surface area contributed by atoms with E-state index in [0.717, 1.165) is 62.1 Å². The van der Waals surface area contributed by atoms with Crippen molar-refractivity contribution in [1.82, 2.24) is 19.7 Å². The summed E-state index contributed by atoms with van der Waals surface area (Å²) in [5.74, 6) is -0.0274. The van der Waals surface area contributed by atoms with Crippen LogP contribution >= 0.6 is 11.3 Å². The number of carbonyl (C=O) groups excluding carboxylic acids is 1. The van der Waals surface area contributed by atoms with Crippen molar-refractivity contribution in [2.24, 2.45) is 5.92 Å². The number of likely N-dealkylation sites (tertiary alicyclic amines) is 1. The van der Waals surface area contributed by atoms with E-state index in [1.807, 2.05) is 34.0 Å². The number of hydrogen-bond donors (Lipinski definition) is 0. The molecule has 5 rings (SSSR count). The zero-order chi connectivity index (χ0) is 19.0. The highest BCUT2D eigenvalue weighted by Gasteiger charge is 2.42. The van der Waals surface area contributed by atoms with Gasteiger partial charge in [-0.25, -0.2) is 0 Å². The van der Waals surface area contributed by atoms with E-state index in [9.17, 15) is 4.79 Å². The van der Waals surface area contributed by atoms with Crippen LogP contribution in [0.2, 0.25) is 0 Å². The average Bonchev–Trinajstić information content (AvgIpc) is 3.50. The number of aromatic nitrogens is 3. The van der Waals surface area contributed by atoms with Crippen molar-refractivity contribution in [3.63, 3.8) is 0 Å². The summed E-state index contributed by atoms with van der Waals surface area (Å²) >= 11 is 1.59. The molecule has 0 bridgehead atoms. The number of anilines is 1. The topological polar surface area (TPSA) is 72.7 Å². The Balaban J connectivity index is 1.14. The van der Waals surface area contributed by atoms with Crippen LogP contribution in [0, 0.1) is 5.92 Å². The summed E-state index contributed by atoms with van der Waals surface area (Å²) in [7, 11) is 0. The molecule has 0 unspecified atom stereocenters. The molecule has 3 saturated heterocycles. The average molecular weight is 404 g/mol. The van der Waals surface area contributed by atoms with Crippen LogP contribution in [0.4, 0.5) is 5.13 Å². The molecule has 2 aromatic rings. The van der Waals surface area contributed by atoms with Gasteiger partial charge in [0.25, 0.3) is 0 Å². The summed E-state index contributed by atoms with van der Waals surface area (Å²) in [5.41, 5.74) is 0. The third-order valence-corrected chi connectivity index (χ3v) is 6.99. The van der Waals surface area contributed by atoms with Gasteiger partial charge < -0.3 is 19.3 Å². The SMILES string of the molecule is O=C(C1CCN(c2nnc(-n3cccc3)s2)CC1)N1CCC2(CC1)OCCO2. The molecule has 3 fully saturated rings. The van der Waals surface area contributed by atoms with Crippen molar-refractivity contribution in [3.8, 4) is 5.13 Å². The summed E-state index contributed by atoms with van der Waals surface area (Å²) in [6.07, 6.45) is 7.24. The summed E-state index contributed by atoms with van der Waals surface area (Å²) in [4.78, 5) is 17.2. The van der Waals surface area contributed by atoms with Crippen LogP contribution in [0.1, 0.15) is 25.7 Å². The van der Waals surface area contributed by atoms with E-state index in [0.29, 0.717) is 13.2 Å². The Morgan fingerprint density at radius 3 is 2.32 bits per heavy atom. The highest BCUT2D eigenvalue weighted by atomic mass is 32.1. The Bertz CT molecular complexity index is 799. The van der Waals surface area contributed by atoms with Crippen LogP contribution in [0.15, 0.2) is 24.5 Å². The molecular weight excluding hydrogens is 378 g/mol. The van der Waals surface area contributed by atoms with Gasteiger partial charge in [-0.1, -0.05) is 11.3 Å². The molecule has 5 heterocycles. The first kappa shape index (κ1) is 18.1. The summed E-state index contributed by atoms with van der Waals surface area (Å²) < 4.78 is 13.5. The van der Waals surface area contributed by atoms with E-state index in [1.54, 1.807) is 11.3 Å². The zero-order valence-corrected chi connectivity index (χ0v) is 16.6. The Kier molecular flexibility index (Phi) is 4.82. The van der Waals surface area contributed by atoms with Gasteiger partial charge in [0.2, 0.25) is 16.2 Å². The normalized spacial score (nSPS) is 22.9. The first-order valence-electron chi connectivity index (χ1n) is 10.0. The minimum Gasteiger partial charge on any atom is -0.347 e. The Morgan fingerprint density at radius 2 is 1.64 bits per heavy atom. The zero-order valence-electron chi connectivity index (χ0n) is 15.8. The van der Waals surface area contributed by atoms with Crippen LogP contribution in [-0.2, 0) is 14.3 Å². The minimum atomic E-state index is -0.421. The van der Waals surface area contributed by atoms with Crippen molar-refractivity contribution in [2.75, 3.05) is 44.3 Å². The number of amides is 1. The predicted octanol–water partition coefficient (Wildman–Crippen LogP) is 1.91. The first-order chi connectivity index (χ1) is 13.7. The maximum atomic E-state index is 13.0. The Morgan fingerprint density at radius 1 is 1.00 bits per heavy atom. The fourth-order valence-electron chi connectivity index (χ4n) is 4.33. The second kappa shape index (κ2) is 7.46. The van der Waals surface area contributed by atoms with Gasteiger partial charge in [0, 0.05) is 57.3 Å². The van der Waals surface area contributed by atoms with E-state index in [2.05, 4.69) is 15.1 Å². The molecule has 28 heavy (non-hydrogen) atoms. The molecule has 0 aliphatic carbocycles. The molecule has 1 spiro atoms. The minimum absolute atomic E-state index is 0.104. The van der Waals surface area contributed by atoms with Crippen LogP contribution < -0.4 is 4.90 Å². The van der Waals surface area contributed by atoms with Crippen LogP contribution in [0.3, 0.4) is 0 Å². The van der Waals surface area contributed by atoms with E-state index >= 15 is 0 Å². The van der Waals surface area contributed by atoms with Gasteiger partial charge in [-0.05, 0) is 25.0 Å². The largest absolute Gasteiger partial charge is 0.347 e. The summed E-state index contributed by atoms with van der Waals surface area (Å²) in [6, 6.07) is 3.96. The van der Waals surface area contributed by atoms with Gasteiger partial charge in [0.1, 0.15) is 0 Å². The van der Waals surface area contributed by atoms with Crippen molar-refractivity contribution < 1.29 is 14.3 Å². The number of hydrogen-bond acceptors (Lipinski definition) is 7. The van der Waals surface area contributed by atoms with Gasteiger partial charge in [0.05, 0.1) is 13.2 Å². The lowest BCUT2D eigenvalue weighted by Crippen LogP contribution is -2.50. The number of rotatable bonds is 3. The highest BCUT2D eigenvalue weighted by molar-refractivity contribution is 7.17. The number of nitrogens with zero attached hydrogens (tertiary/aromatic N) is 5. The van der Waals surface area contributed by atoms with Crippen molar-refractivity contribution in [3.05, 3.63) is 24.5 Å². The predicted molar refractivity (Wildman–Crippen MR) is 105 cm³/mol. The van der Waals surface area contributed by atoms with Crippen molar-refractivity contribution in [2.45, 2.75) is 31.5 Å². The van der Waals surface area contributed by atoms with Gasteiger partial charge in [-0.2, -0.15) is 0 Å². The molecule has 9 heteroatoms. The fraction of sp³-hybridized carbons (Fsp3) is 0.632. The number of ether oxygens (including phenoxy) is 2. The third-order valence-electron chi connectivity index (χ3n) is 5.99. The van der Waals surface area contributed by atoms with E-state index in [-0.39, 0.29) is 11.8 Å². The van der Waals surface area contributed by atoms with Gasteiger partial charge in [-0.3, -0.25) is 9.36 Å². The van der Waals surface area contributed by atoms with Crippen molar-refractivity contribution in [1.29, 1.82) is 0 Å². The van der Waals surface area contributed by atoms with Gasteiger partial charge in [0.15, 0.2) is 5.79 Å². The molecule has 3 aliphatic heterocycles. The van der Waals surface area contributed by atoms with Crippen molar-refractivity contribution >= 4 is 22.4 Å². The molecule has 0 radical (unpaired) electrons.